The fraction of sp³-hybridized carbons (Fsp3) is 0.250. The number of allylic oxidation sites excluding steroid dienone is 1. The van der Waals surface area contributed by atoms with E-state index in [0.717, 1.165) is 5.92 Å². The van der Waals surface area contributed by atoms with Crippen LogP contribution >= 0.6 is 0 Å². The first-order chi connectivity index (χ1) is 20.2. The highest BCUT2D eigenvalue weighted by molar-refractivity contribution is 7.97. The molecule has 0 heterocycles. The van der Waals surface area contributed by atoms with Gasteiger partial charge in [0, 0.05) is 16.3 Å². The van der Waals surface area contributed by atoms with Crippen LogP contribution in [0.3, 0.4) is 0 Å². The number of hydrogen-bond donors (Lipinski definition) is 0. The smallest absolute Gasteiger partial charge is 0.0984 e. The SMILES string of the molecule is C=Cc1cccc([S+](c2cccc3ccccc23)c2cccc3ccccc23)c1/C=C\C.CCCC1CCCCC1. The average Bonchev–Trinajstić information content (AvgIpc) is 3.03. The average molecular weight is 556 g/mol. The summed E-state index contributed by atoms with van der Waals surface area (Å²) in [6.07, 6.45) is 16.7. The van der Waals surface area contributed by atoms with Gasteiger partial charge in [-0.2, -0.15) is 0 Å². The highest BCUT2D eigenvalue weighted by atomic mass is 32.2. The summed E-state index contributed by atoms with van der Waals surface area (Å²) in [6.45, 7) is 8.47. The van der Waals surface area contributed by atoms with E-state index >= 15 is 0 Å². The first-order valence-corrected chi connectivity index (χ1v) is 16.6. The largest absolute Gasteiger partial charge is 0.174 e. The monoisotopic (exact) mass is 555 g/mol. The molecule has 0 N–H and O–H groups in total. The first-order valence-electron chi connectivity index (χ1n) is 15.3. The summed E-state index contributed by atoms with van der Waals surface area (Å²) in [5.74, 6) is 1.10. The van der Waals surface area contributed by atoms with Gasteiger partial charge in [-0.05, 0) is 59.5 Å². The van der Waals surface area contributed by atoms with Crippen molar-refractivity contribution in [1.82, 2.24) is 0 Å². The maximum absolute atomic E-state index is 4.09. The summed E-state index contributed by atoms with van der Waals surface area (Å²) in [5, 5.41) is 5.16. The molecule has 0 aromatic heterocycles. The fourth-order valence-corrected chi connectivity index (χ4v) is 8.82. The van der Waals surface area contributed by atoms with Gasteiger partial charge >= 0.3 is 0 Å². The summed E-state index contributed by atoms with van der Waals surface area (Å²) in [7, 11) is -0.288. The molecule has 0 atom stereocenters. The van der Waals surface area contributed by atoms with Crippen LogP contribution in [0.4, 0.5) is 0 Å². The third kappa shape index (κ3) is 6.68. The lowest BCUT2D eigenvalue weighted by molar-refractivity contribution is 0.336. The van der Waals surface area contributed by atoms with Crippen molar-refractivity contribution in [3.8, 4) is 0 Å². The Morgan fingerprint density at radius 1 is 0.683 bits per heavy atom. The van der Waals surface area contributed by atoms with Crippen molar-refractivity contribution in [3.05, 3.63) is 127 Å². The topological polar surface area (TPSA) is 0 Å². The molecule has 0 radical (unpaired) electrons. The van der Waals surface area contributed by atoms with E-state index in [1.54, 1.807) is 0 Å². The van der Waals surface area contributed by atoms with E-state index in [4.69, 9.17) is 0 Å². The quantitative estimate of drug-likeness (QED) is 0.175. The second-order valence-corrected chi connectivity index (χ2v) is 12.9. The van der Waals surface area contributed by atoms with Gasteiger partial charge in [0.15, 0.2) is 14.7 Å². The molecule has 5 aromatic rings. The van der Waals surface area contributed by atoms with Gasteiger partial charge in [-0.25, -0.2) is 0 Å². The Morgan fingerprint density at radius 2 is 1.22 bits per heavy atom. The Morgan fingerprint density at radius 3 is 1.78 bits per heavy atom. The summed E-state index contributed by atoms with van der Waals surface area (Å²) in [6, 6.07) is 37.4. The Hall–Kier alpha value is -3.55. The van der Waals surface area contributed by atoms with Crippen molar-refractivity contribution < 1.29 is 0 Å². The van der Waals surface area contributed by atoms with E-state index < -0.39 is 0 Å². The minimum Gasteiger partial charge on any atom is -0.0984 e. The molecule has 6 rings (SSSR count). The van der Waals surface area contributed by atoms with Gasteiger partial charge in [0.25, 0.3) is 0 Å². The molecule has 208 valence electrons. The first kappa shape index (κ1) is 29.0. The van der Waals surface area contributed by atoms with Gasteiger partial charge in [0.05, 0.1) is 0 Å². The Kier molecular flexibility index (Phi) is 10.2. The van der Waals surface area contributed by atoms with Crippen molar-refractivity contribution in [2.75, 3.05) is 0 Å². The van der Waals surface area contributed by atoms with E-state index in [2.05, 4.69) is 136 Å². The second-order valence-electron chi connectivity index (χ2n) is 11.0. The van der Waals surface area contributed by atoms with Crippen LogP contribution in [0.2, 0.25) is 0 Å². The van der Waals surface area contributed by atoms with Crippen LogP contribution in [-0.2, 0) is 10.9 Å². The van der Waals surface area contributed by atoms with Crippen LogP contribution in [0.15, 0.2) is 130 Å². The van der Waals surface area contributed by atoms with E-state index in [1.807, 2.05) is 6.08 Å². The van der Waals surface area contributed by atoms with Crippen LogP contribution in [-0.4, -0.2) is 0 Å². The zero-order chi connectivity index (χ0) is 28.4. The number of hydrogen-bond acceptors (Lipinski definition) is 0. The number of benzene rings is 5. The highest BCUT2D eigenvalue weighted by Gasteiger charge is 2.34. The summed E-state index contributed by atoms with van der Waals surface area (Å²) < 4.78 is 0. The van der Waals surface area contributed by atoms with Gasteiger partial charge in [-0.3, -0.25) is 0 Å². The maximum atomic E-state index is 4.09. The molecule has 0 unspecified atom stereocenters. The van der Waals surface area contributed by atoms with Crippen molar-refractivity contribution in [2.45, 2.75) is 73.5 Å². The zero-order valence-electron chi connectivity index (χ0n) is 24.7. The molecule has 0 bridgehead atoms. The lowest BCUT2D eigenvalue weighted by Crippen LogP contribution is -2.09. The molecule has 41 heavy (non-hydrogen) atoms. The molecule has 0 spiro atoms. The molecule has 0 saturated heterocycles. The van der Waals surface area contributed by atoms with Gasteiger partial charge < -0.3 is 0 Å². The van der Waals surface area contributed by atoms with E-state index in [-0.39, 0.29) is 10.9 Å². The maximum Gasteiger partial charge on any atom is 0.174 e. The second kappa shape index (κ2) is 14.4. The molecule has 0 nitrogen and oxygen atoms in total. The molecular formula is C40H43S+. The standard InChI is InChI=1S/C31H25S.C9H18/c1-3-12-26-23(4-2)15-9-20-29(26)32(30-21-10-16-24-13-5-7-18-27(24)30)31-22-11-17-25-14-6-8-19-28(25)31;1-2-6-9-7-4-3-5-8-9/h3-22H,2H2,1H3;9H,2-8H2,1H3/q+1;/b12-3-;. The molecule has 0 amide bonds. The Bertz CT molecular complexity index is 1530. The molecule has 1 aliphatic rings. The van der Waals surface area contributed by atoms with Gasteiger partial charge in [-0.15, -0.1) is 0 Å². The van der Waals surface area contributed by atoms with Gasteiger partial charge in [0.1, 0.15) is 10.9 Å². The van der Waals surface area contributed by atoms with Crippen molar-refractivity contribution in [2.24, 2.45) is 5.92 Å². The highest BCUT2D eigenvalue weighted by Crippen LogP contribution is 2.41. The third-order valence-corrected chi connectivity index (χ3v) is 10.6. The minimum absolute atomic E-state index is 0.288. The minimum atomic E-state index is -0.288. The molecule has 1 saturated carbocycles. The molecule has 1 aliphatic carbocycles. The van der Waals surface area contributed by atoms with E-state index in [0.29, 0.717) is 0 Å². The fourth-order valence-electron chi connectivity index (χ4n) is 6.25. The van der Waals surface area contributed by atoms with Gasteiger partial charge in [-0.1, -0.05) is 149 Å². The summed E-state index contributed by atoms with van der Waals surface area (Å²) in [4.78, 5) is 4.03. The van der Waals surface area contributed by atoms with Crippen LogP contribution in [0.5, 0.6) is 0 Å². The predicted molar refractivity (Wildman–Crippen MR) is 183 cm³/mol. The lowest BCUT2D eigenvalue weighted by atomic mass is 9.86. The van der Waals surface area contributed by atoms with Crippen LogP contribution in [0.1, 0.15) is 69.9 Å². The lowest BCUT2D eigenvalue weighted by Gasteiger charge is -2.20. The third-order valence-electron chi connectivity index (χ3n) is 8.23. The normalized spacial score (nSPS) is 13.9. The van der Waals surface area contributed by atoms with Crippen LogP contribution < -0.4 is 0 Å². The predicted octanol–water partition coefficient (Wildman–Crippen LogP) is 12.1. The molecule has 1 heteroatoms. The number of fused-ring (bicyclic) bond motifs is 2. The van der Waals surface area contributed by atoms with E-state index in [9.17, 15) is 0 Å². The van der Waals surface area contributed by atoms with Gasteiger partial charge in [0.2, 0.25) is 0 Å². The van der Waals surface area contributed by atoms with Crippen molar-refractivity contribution in [3.63, 3.8) is 0 Å². The van der Waals surface area contributed by atoms with Crippen molar-refractivity contribution >= 4 is 44.6 Å². The summed E-state index contributed by atoms with van der Waals surface area (Å²) >= 11 is 0. The molecule has 0 aliphatic heterocycles. The molecule has 1 fully saturated rings. The Labute approximate surface area is 250 Å². The summed E-state index contributed by atoms with van der Waals surface area (Å²) in [5.41, 5.74) is 2.41. The van der Waals surface area contributed by atoms with Crippen LogP contribution in [0.25, 0.3) is 33.7 Å². The zero-order valence-corrected chi connectivity index (χ0v) is 25.5. The number of rotatable bonds is 7. The van der Waals surface area contributed by atoms with E-state index in [1.165, 1.54) is 92.3 Å². The van der Waals surface area contributed by atoms with Crippen molar-refractivity contribution in [1.29, 1.82) is 0 Å². The Balaban J connectivity index is 0.000000321. The van der Waals surface area contributed by atoms with Crippen LogP contribution in [0, 0.1) is 5.92 Å². The molecular weight excluding hydrogens is 513 g/mol. The molecule has 5 aromatic carbocycles.